The second-order valence-electron chi connectivity index (χ2n) is 5.25. The molecule has 2 heterocycles. The van der Waals surface area contributed by atoms with Crippen molar-refractivity contribution in [3.63, 3.8) is 0 Å². The molecule has 24 heavy (non-hydrogen) atoms. The number of ether oxygens (including phenoxy) is 1. The number of amides is 1. The summed E-state index contributed by atoms with van der Waals surface area (Å²) in [6, 6.07) is 3.69. The summed E-state index contributed by atoms with van der Waals surface area (Å²) in [5.74, 6) is 1.46. The van der Waals surface area contributed by atoms with Gasteiger partial charge in [-0.25, -0.2) is 4.99 Å². The van der Waals surface area contributed by atoms with Gasteiger partial charge in [-0.1, -0.05) is 0 Å². The van der Waals surface area contributed by atoms with Gasteiger partial charge < -0.3 is 20.3 Å². The van der Waals surface area contributed by atoms with Crippen LogP contribution in [0.2, 0.25) is 0 Å². The first-order chi connectivity index (χ1) is 11.3. The highest BCUT2D eigenvalue weighted by atomic mass is 127. The number of guanidine groups is 1. The molecule has 2 rings (SSSR count). The van der Waals surface area contributed by atoms with Crippen molar-refractivity contribution in [1.29, 1.82) is 0 Å². The van der Waals surface area contributed by atoms with Gasteiger partial charge in [-0.15, -0.1) is 24.0 Å². The van der Waals surface area contributed by atoms with Crippen molar-refractivity contribution in [3.8, 4) is 5.75 Å². The highest BCUT2D eigenvalue weighted by Gasteiger charge is 2.17. The molecule has 1 aliphatic rings. The van der Waals surface area contributed by atoms with Crippen LogP contribution in [-0.2, 0) is 4.79 Å². The summed E-state index contributed by atoms with van der Waals surface area (Å²) in [6.07, 6.45) is 5.57. The number of carbonyl (C=O) groups excluding carboxylic acids is 1. The lowest BCUT2D eigenvalue weighted by molar-refractivity contribution is -0.128. The second kappa shape index (κ2) is 11.9. The number of nitrogens with one attached hydrogen (secondary N) is 2. The minimum atomic E-state index is 0. The standard InChI is InChI=1S/C16H25N5O2.HI/c1-2-18-16(20-13-15(22)21-9-3-4-10-21)19-8-11-23-14-6-5-7-17-12-14;/h5-7,12H,2-4,8-11,13H2,1H3,(H2,18,19,20);1H. The Balaban J connectivity index is 0.00000288. The average Bonchev–Trinajstić information content (AvgIpc) is 3.11. The van der Waals surface area contributed by atoms with Gasteiger partial charge in [0.1, 0.15) is 18.9 Å². The molecule has 1 aliphatic heterocycles. The lowest BCUT2D eigenvalue weighted by Gasteiger charge is -2.15. The Hall–Kier alpha value is -1.58. The predicted molar refractivity (Wildman–Crippen MR) is 105 cm³/mol. The normalized spacial score (nSPS) is 14.0. The third kappa shape index (κ3) is 7.33. The lowest BCUT2D eigenvalue weighted by Crippen LogP contribution is -2.40. The van der Waals surface area contributed by atoms with Gasteiger partial charge in [0.15, 0.2) is 5.96 Å². The Morgan fingerprint density at radius 3 is 2.83 bits per heavy atom. The van der Waals surface area contributed by atoms with Gasteiger partial charge in [0.2, 0.25) is 5.91 Å². The zero-order valence-corrected chi connectivity index (χ0v) is 16.4. The number of carbonyl (C=O) groups is 1. The van der Waals surface area contributed by atoms with Crippen LogP contribution in [-0.4, -0.2) is 61.1 Å². The summed E-state index contributed by atoms with van der Waals surface area (Å²) < 4.78 is 5.56. The fraction of sp³-hybridized carbons (Fsp3) is 0.562. The van der Waals surface area contributed by atoms with Crippen LogP contribution in [0.3, 0.4) is 0 Å². The monoisotopic (exact) mass is 447 g/mol. The Morgan fingerprint density at radius 2 is 2.17 bits per heavy atom. The SMILES string of the molecule is CCNC(=NCC(=O)N1CCCC1)NCCOc1cccnc1.I. The highest BCUT2D eigenvalue weighted by Crippen LogP contribution is 2.07. The lowest BCUT2D eigenvalue weighted by atomic mass is 10.4. The van der Waals surface area contributed by atoms with Crippen molar-refractivity contribution >= 4 is 35.8 Å². The van der Waals surface area contributed by atoms with Crippen molar-refractivity contribution in [2.45, 2.75) is 19.8 Å². The van der Waals surface area contributed by atoms with E-state index in [4.69, 9.17) is 4.74 Å². The van der Waals surface area contributed by atoms with Crippen molar-refractivity contribution in [2.24, 2.45) is 4.99 Å². The van der Waals surface area contributed by atoms with Crippen molar-refractivity contribution < 1.29 is 9.53 Å². The molecule has 1 aromatic heterocycles. The van der Waals surface area contributed by atoms with Crippen molar-refractivity contribution in [1.82, 2.24) is 20.5 Å². The minimum Gasteiger partial charge on any atom is -0.490 e. The number of hydrogen-bond acceptors (Lipinski definition) is 4. The Morgan fingerprint density at radius 1 is 1.38 bits per heavy atom. The molecule has 0 radical (unpaired) electrons. The summed E-state index contributed by atoms with van der Waals surface area (Å²) in [5.41, 5.74) is 0. The quantitative estimate of drug-likeness (QED) is 0.285. The largest absolute Gasteiger partial charge is 0.490 e. The van der Waals surface area contributed by atoms with E-state index < -0.39 is 0 Å². The minimum absolute atomic E-state index is 0. The molecule has 134 valence electrons. The molecular formula is C16H26IN5O2. The molecule has 1 saturated heterocycles. The van der Waals surface area contributed by atoms with Crippen LogP contribution in [0.1, 0.15) is 19.8 Å². The van der Waals surface area contributed by atoms with Crippen LogP contribution < -0.4 is 15.4 Å². The number of pyridine rings is 1. The highest BCUT2D eigenvalue weighted by molar-refractivity contribution is 14.0. The topological polar surface area (TPSA) is 78.9 Å². The van der Waals surface area contributed by atoms with E-state index in [-0.39, 0.29) is 36.4 Å². The molecule has 0 aromatic carbocycles. The Kier molecular flexibility index (Phi) is 10.1. The van der Waals surface area contributed by atoms with E-state index in [9.17, 15) is 4.79 Å². The van der Waals surface area contributed by atoms with E-state index in [0.29, 0.717) is 19.1 Å². The maximum absolute atomic E-state index is 12.0. The van der Waals surface area contributed by atoms with Crippen LogP contribution in [0, 0.1) is 0 Å². The number of likely N-dealkylation sites (tertiary alicyclic amines) is 1. The molecule has 1 amide bonds. The average molecular weight is 447 g/mol. The van der Waals surface area contributed by atoms with E-state index in [0.717, 1.165) is 38.2 Å². The number of hydrogen-bond donors (Lipinski definition) is 2. The van der Waals surface area contributed by atoms with Gasteiger partial charge >= 0.3 is 0 Å². The predicted octanol–water partition coefficient (Wildman–Crippen LogP) is 1.26. The van der Waals surface area contributed by atoms with Crippen LogP contribution in [0.25, 0.3) is 0 Å². The van der Waals surface area contributed by atoms with Gasteiger partial charge in [-0.2, -0.15) is 0 Å². The fourth-order valence-electron chi connectivity index (χ4n) is 2.33. The van der Waals surface area contributed by atoms with E-state index >= 15 is 0 Å². The molecule has 0 spiro atoms. The van der Waals surface area contributed by atoms with Gasteiger partial charge in [-0.3, -0.25) is 9.78 Å². The maximum Gasteiger partial charge on any atom is 0.244 e. The molecule has 1 aromatic rings. The van der Waals surface area contributed by atoms with E-state index in [1.54, 1.807) is 12.4 Å². The molecule has 1 fully saturated rings. The molecule has 0 bridgehead atoms. The summed E-state index contributed by atoms with van der Waals surface area (Å²) >= 11 is 0. The van der Waals surface area contributed by atoms with Crippen LogP contribution in [0.4, 0.5) is 0 Å². The van der Waals surface area contributed by atoms with E-state index in [1.807, 2.05) is 24.0 Å². The van der Waals surface area contributed by atoms with Crippen LogP contribution >= 0.6 is 24.0 Å². The number of rotatable bonds is 7. The number of halogens is 1. The van der Waals surface area contributed by atoms with E-state index in [1.165, 1.54) is 0 Å². The smallest absolute Gasteiger partial charge is 0.244 e. The fourth-order valence-corrected chi connectivity index (χ4v) is 2.33. The Bertz CT molecular complexity index is 506. The first-order valence-corrected chi connectivity index (χ1v) is 8.12. The Labute approximate surface area is 160 Å². The molecule has 0 aliphatic carbocycles. The molecule has 0 saturated carbocycles. The summed E-state index contributed by atoms with van der Waals surface area (Å²) in [4.78, 5) is 22.2. The zero-order valence-electron chi connectivity index (χ0n) is 14.0. The summed E-state index contributed by atoms with van der Waals surface area (Å²) in [7, 11) is 0. The van der Waals surface area contributed by atoms with E-state index in [2.05, 4.69) is 20.6 Å². The zero-order chi connectivity index (χ0) is 16.3. The molecule has 7 nitrogen and oxygen atoms in total. The molecular weight excluding hydrogens is 421 g/mol. The first-order valence-electron chi connectivity index (χ1n) is 8.12. The van der Waals surface area contributed by atoms with Gasteiger partial charge in [0.25, 0.3) is 0 Å². The van der Waals surface area contributed by atoms with Gasteiger partial charge in [-0.05, 0) is 31.9 Å². The van der Waals surface area contributed by atoms with Crippen molar-refractivity contribution in [2.75, 3.05) is 39.3 Å². The van der Waals surface area contributed by atoms with Crippen molar-refractivity contribution in [3.05, 3.63) is 24.5 Å². The molecule has 0 atom stereocenters. The van der Waals surface area contributed by atoms with Crippen LogP contribution in [0.5, 0.6) is 5.75 Å². The number of aliphatic imine (C=N–C) groups is 1. The maximum atomic E-state index is 12.0. The number of nitrogens with zero attached hydrogens (tertiary/aromatic N) is 3. The third-order valence-electron chi connectivity index (χ3n) is 3.47. The summed E-state index contributed by atoms with van der Waals surface area (Å²) in [5, 5.41) is 6.29. The van der Waals surface area contributed by atoms with Crippen LogP contribution in [0.15, 0.2) is 29.5 Å². The third-order valence-corrected chi connectivity index (χ3v) is 3.47. The second-order valence-corrected chi connectivity index (χ2v) is 5.25. The number of aromatic nitrogens is 1. The van der Waals surface area contributed by atoms with Gasteiger partial charge in [0.05, 0.1) is 12.7 Å². The first kappa shape index (κ1) is 20.5. The molecule has 8 heteroatoms. The molecule has 0 unspecified atom stereocenters. The summed E-state index contributed by atoms with van der Waals surface area (Å²) in [6.45, 7) is 5.72. The van der Waals surface area contributed by atoms with Gasteiger partial charge in [0, 0.05) is 25.8 Å². The molecule has 2 N–H and O–H groups in total.